The Morgan fingerprint density at radius 2 is 2.21 bits per heavy atom. The molecule has 2 aromatic rings. The molecule has 0 aliphatic carbocycles. The summed E-state index contributed by atoms with van der Waals surface area (Å²) in [5, 5.41) is 4.66. The second-order valence-corrected chi connectivity index (χ2v) is 5.60. The van der Waals surface area contributed by atoms with E-state index in [2.05, 4.69) is 10.1 Å². The maximum absolute atomic E-state index is 6.10. The lowest BCUT2D eigenvalue weighted by Gasteiger charge is -2.03. The van der Waals surface area contributed by atoms with Crippen LogP contribution in [0.2, 0.25) is 5.02 Å². The zero-order valence-corrected chi connectivity index (χ0v) is 12.2. The van der Waals surface area contributed by atoms with Crippen LogP contribution in [0.15, 0.2) is 28.8 Å². The molecule has 0 aliphatic rings. The summed E-state index contributed by atoms with van der Waals surface area (Å²) in [5.41, 5.74) is 6.96. The lowest BCUT2D eigenvalue weighted by molar-refractivity contribution is 0.349. The van der Waals surface area contributed by atoms with Gasteiger partial charge in [0.1, 0.15) is 0 Å². The monoisotopic (exact) mass is 297 g/mol. The number of halogens is 1. The summed E-state index contributed by atoms with van der Waals surface area (Å²) in [7, 11) is 0. The summed E-state index contributed by atoms with van der Waals surface area (Å²) in [6, 6.07) is 7.44. The fourth-order valence-corrected chi connectivity index (χ4v) is 2.36. The molecule has 0 saturated heterocycles. The molecule has 6 heteroatoms. The van der Waals surface area contributed by atoms with Crippen molar-refractivity contribution in [2.45, 2.75) is 18.9 Å². The van der Waals surface area contributed by atoms with Crippen molar-refractivity contribution in [3.8, 4) is 0 Å². The van der Waals surface area contributed by atoms with E-state index in [0.717, 1.165) is 17.7 Å². The molecule has 0 spiro atoms. The summed E-state index contributed by atoms with van der Waals surface area (Å²) in [6.45, 7) is 0. The molecule has 0 unspecified atom stereocenters. The Morgan fingerprint density at radius 1 is 1.42 bits per heavy atom. The van der Waals surface area contributed by atoms with Crippen molar-refractivity contribution in [3.05, 3.63) is 46.6 Å². The third-order valence-electron chi connectivity index (χ3n) is 2.74. The minimum absolute atomic E-state index is 0.194. The van der Waals surface area contributed by atoms with Crippen LogP contribution in [0.1, 0.15) is 29.7 Å². The first kappa shape index (κ1) is 14.4. The molecule has 19 heavy (non-hydrogen) atoms. The van der Waals surface area contributed by atoms with Crippen molar-refractivity contribution < 1.29 is 4.52 Å². The minimum atomic E-state index is -0.194. The van der Waals surface area contributed by atoms with Crippen molar-refractivity contribution in [1.29, 1.82) is 0 Å². The molecule has 0 radical (unpaired) electrons. The highest BCUT2D eigenvalue weighted by Gasteiger charge is 2.15. The van der Waals surface area contributed by atoms with Gasteiger partial charge in [-0.2, -0.15) is 16.7 Å². The van der Waals surface area contributed by atoms with Gasteiger partial charge in [-0.3, -0.25) is 0 Å². The van der Waals surface area contributed by atoms with Crippen LogP contribution in [0.5, 0.6) is 0 Å². The van der Waals surface area contributed by atoms with Crippen molar-refractivity contribution in [2.75, 3.05) is 12.0 Å². The average molecular weight is 298 g/mol. The zero-order valence-electron chi connectivity index (χ0n) is 10.7. The number of hydrogen-bond acceptors (Lipinski definition) is 5. The van der Waals surface area contributed by atoms with Gasteiger partial charge in [0, 0.05) is 11.4 Å². The summed E-state index contributed by atoms with van der Waals surface area (Å²) in [6.07, 6.45) is 3.43. The van der Waals surface area contributed by atoms with E-state index in [1.165, 1.54) is 0 Å². The molecule has 0 fully saturated rings. The van der Waals surface area contributed by atoms with Crippen LogP contribution < -0.4 is 5.73 Å². The molecule has 0 aliphatic heterocycles. The van der Waals surface area contributed by atoms with Crippen molar-refractivity contribution in [1.82, 2.24) is 10.1 Å². The maximum Gasteiger partial charge on any atom is 0.243 e. The van der Waals surface area contributed by atoms with Gasteiger partial charge >= 0.3 is 0 Å². The molecule has 102 valence electrons. The van der Waals surface area contributed by atoms with Crippen LogP contribution in [0, 0.1) is 0 Å². The standard InChI is InChI=1S/C13H16ClN3OS/c1-19-7-6-11(15)13-16-12(17-18-13)8-9-4-2-3-5-10(9)14/h2-5,11H,6-8,15H2,1H3/t11-/m1/s1. The topological polar surface area (TPSA) is 64.9 Å². The first-order valence-corrected chi connectivity index (χ1v) is 7.78. The van der Waals surface area contributed by atoms with E-state index in [4.69, 9.17) is 21.9 Å². The fraction of sp³-hybridized carbons (Fsp3) is 0.385. The summed E-state index contributed by atoms with van der Waals surface area (Å²) < 4.78 is 5.20. The molecule has 1 atom stereocenters. The van der Waals surface area contributed by atoms with Gasteiger partial charge in [-0.05, 0) is 30.1 Å². The van der Waals surface area contributed by atoms with Gasteiger partial charge in [0.05, 0.1) is 6.04 Å². The minimum Gasteiger partial charge on any atom is -0.338 e. The van der Waals surface area contributed by atoms with E-state index >= 15 is 0 Å². The molecule has 1 heterocycles. The van der Waals surface area contributed by atoms with E-state index in [1.807, 2.05) is 30.5 Å². The van der Waals surface area contributed by atoms with Crippen LogP contribution in [0.3, 0.4) is 0 Å². The smallest absolute Gasteiger partial charge is 0.243 e. The molecule has 1 aromatic heterocycles. The predicted molar refractivity (Wildman–Crippen MR) is 78.5 cm³/mol. The fourth-order valence-electron chi connectivity index (χ4n) is 1.67. The quantitative estimate of drug-likeness (QED) is 0.887. The Kier molecular flexibility index (Phi) is 5.24. The van der Waals surface area contributed by atoms with Gasteiger partial charge in [0.25, 0.3) is 0 Å². The number of hydrogen-bond donors (Lipinski definition) is 1. The molecular weight excluding hydrogens is 282 g/mol. The first-order valence-electron chi connectivity index (χ1n) is 6.01. The SMILES string of the molecule is CSCC[C@@H](N)c1nc(Cc2ccccc2Cl)no1. The van der Waals surface area contributed by atoms with Crippen LogP contribution in [0.4, 0.5) is 0 Å². The number of thioether (sulfide) groups is 1. The van der Waals surface area contributed by atoms with E-state index in [-0.39, 0.29) is 6.04 Å². The van der Waals surface area contributed by atoms with Crippen LogP contribution in [0.25, 0.3) is 0 Å². The highest BCUT2D eigenvalue weighted by molar-refractivity contribution is 7.98. The van der Waals surface area contributed by atoms with E-state index < -0.39 is 0 Å². The second kappa shape index (κ2) is 6.93. The number of nitrogens with zero attached hydrogens (tertiary/aromatic N) is 2. The number of nitrogens with two attached hydrogens (primary N) is 1. The number of aromatic nitrogens is 2. The van der Waals surface area contributed by atoms with Gasteiger partial charge < -0.3 is 10.3 Å². The van der Waals surface area contributed by atoms with Crippen molar-refractivity contribution in [2.24, 2.45) is 5.73 Å². The molecule has 4 nitrogen and oxygen atoms in total. The van der Waals surface area contributed by atoms with Gasteiger partial charge in [-0.15, -0.1) is 0 Å². The summed E-state index contributed by atoms with van der Waals surface area (Å²) in [5.74, 6) is 2.09. The Labute approximate surface area is 121 Å². The summed E-state index contributed by atoms with van der Waals surface area (Å²) in [4.78, 5) is 4.33. The first-order chi connectivity index (χ1) is 9.20. The maximum atomic E-state index is 6.10. The zero-order chi connectivity index (χ0) is 13.7. The molecule has 1 aromatic carbocycles. The molecule has 2 rings (SSSR count). The number of benzene rings is 1. The van der Waals surface area contributed by atoms with Gasteiger partial charge in [0.2, 0.25) is 5.89 Å². The molecule has 2 N–H and O–H groups in total. The Morgan fingerprint density at radius 3 is 2.95 bits per heavy atom. The third kappa shape index (κ3) is 3.96. The van der Waals surface area contributed by atoms with Crippen LogP contribution in [-0.4, -0.2) is 22.1 Å². The third-order valence-corrected chi connectivity index (χ3v) is 3.75. The van der Waals surface area contributed by atoms with E-state index in [1.54, 1.807) is 11.8 Å². The van der Waals surface area contributed by atoms with E-state index in [0.29, 0.717) is 23.2 Å². The molecule has 0 bridgehead atoms. The average Bonchev–Trinajstić information content (AvgIpc) is 2.87. The van der Waals surface area contributed by atoms with Crippen LogP contribution >= 0.6 is 23.4 Å². The predicted octanol–water partition coefficient (Wildman–Crippen LogP) is 3.07. The Bertz CT molecular complexity index is 532. The molecule has 0 amide bonds. The normalized spacial score (nSPS) is 12.6. The molecule has 0 saturated carbocycles. The lowest BCUT2D eigenvalue weighted by atomic mass is 10.1. The van der Waals surface area contributed by atoms with Gasteiger partial charge in [-0.25, -0.2) is 0 Å². The lowest BCUT2D eigenvalue weighted by Crippen LogP contribution is -2.11. The number of rotatable bonds is 6. The highest BCUT2D eigenvalue weighted by Crippen LogP contribution is 2.19. The second-order valence-electron chi connectivity index (χ2n) is 4.20. The van der Waals surface area contributed by atoms with Crippen molar-refractivity contribution in [3.63, 3.8) is 0 Å². The van der Waals surface area contributed by atoms with Crippen LogP contribution in [-0.2, 0) is 6.42 Å². The highest BCUT2D eigenvalue weighted by atomic mass is 35.5. The van der Waals surface area contributed by atoms with E-state index in [9.17, 15) is 0 Å². The van der Waals surface area contributed by atoms with Gasteiger partial charge in [0.15, 0.2) is 5.82 Å². The van der Waals surface area contributed by atoms with Crippen molar-refractivity contribution >= 4 is 23.4 Å². The Hall–Kier alpha value is -1.04. The summed E-state index contributed by atoms with van der Waals surface area (Å²) >= 11 is 7.85. The van der Waals surface area contributed by atoms with Gasteiger partial charge in [-0.1, -0.05) is 35.0 Å². The largest absolute Gasteiger partial charge is 0.338 e. The molecular formula is C13H16ClN3OS. The Balaban J connectivity index is 2.03.